The van der Waals surface area contributed by atoms with Gasteiger partial charge in [-0.3, -0.25) is 4.21 Å². The zero-order chi connectivity index (χ0) is 12.8. The van der Waals surface area contributed by atoms with Gasteiger partial charge in [0, 0.05) is 40.9 Å². The fraction of sp³-hybridized carbons (Fsp3) is 1.00. The van der Waals surface area contributed by atoms with E-state index < -0.39 is 10.8 Å². The molecule has 0 saturated carbocycles. The molecule has 4 heteroatoms. The molecule has 1 N–H and O–H groups in total. The van der Waals surface area contributed by atoms with Crippen LogP contribution < -0.4 is 5.32 Å². The van der Waals surface area contributed by atoms with Crippen molar-refractivity contribution in [1.82, 2.24) is 10.2 Å². The highest BCUT2D eigenvalue weighted by Crippen LogP contribution is 2.12. The Labute approximate surface area is 109 Å². The van der Waals surface area contributed by atoms with Crippen molar-refractivity contribution in [2.24, 2.45) is 5.92 Å². The van der Waals surface area contributed by atoms with Crippen molar-refractivity contribution >= 4 is 10.8 Å². The van der Waals surface area contributed by atoms with Crippen LogP contribution in [-0.2, 0) is 10.8 Å². The summed E-state index contributed by atoms with van der Waals surface area (Å²) in [5.74, 6) is 2.51. The summed E-state index contributed by atoms with van der Waals surface area (Å²) in [6.45, 7) is 5.61. The molecule has 0 bridgehead atoms. The normalized spacial score (nSPS) is 27.6. The third kappa shape index (κ3) is 5.98. The van der Waals surface area contributed by atoms with Crippen LogP contribution in [0, 0.1) is 5.92 Å². The lowest BCUT2D eigenvalue weighted by atomic mass is 10.0. The predicted octanol–water partition coefficient (Wildman–Crippen LogP) is 1.46. The van der Waals surface area contributed by atoms with E-state index in [2.05, 4.69) is 38.2 Å². The van der Waals surface area contributed by atoms with Gasteiger partial charge in [0.05, 0.1) is 0 Å². The van der Waals surface area contributed by atoms with Crippen LogP contribution in [0.1, 0.15) is 33.1 Å². The molecule has 1 heterocycles. The van der Waals surface area contributed by atoms with Gasteiger partial charge in [0.15, 0.2) is 0 Å². The highest BCUT2D eigenvalue weighted by Gasteiger charge is 2.19. The molecule has 1 aliphatic rings. The topological polar surface area (TPSA) is 32.3 Å². The molecule has 1 unspecified atom stereocenters. The monoisotopic (exact) mass is 260 g/mol. The molecule has 1 aliphatic heterocycles. The quantitative estimate of drug-likeness (QED) is 0.785. The zero-order valence-electron chi connectivity index (χ0n) is 11.7. The lowest BCUT2D eigenvalue weighted by molar-refractivity contribution is 0.238. The molecule has 1 fully saturated rings. The number of hydrogen-bond acceptors (Lipinski definition) is 3. The molecule has 1 atom stereocenters. The first kappa shape index (κ1) is 15.1. The van der Waals surface area contributed by atoms with Crippen LogP contribution in [0.3, 0.4) is 0 Å². The van der Waals surface area contributed by atoms with Crippen molar-refractivity contribution < 1.29 is 4.21 Å². The standard InChI is InChI=1S/C13H28N2OS/c1-11(2)9-13(15(3)4)10-14-12-5-7-17(16)8-6-12/h11-14H,5-10H2,1-4H3. The Kier molecular flexibility index (Phi) is 6.67. The molecule has 3 nitrogen and oxygen atoms in total. The Balaban J connectivity index is 2.28. The van der Waals surface area contributed by atoms with Crippen LogP contribution in [0.2, 0.25) is 0 Å². The second-order valence-electron chi connectivity index (χ2n) is 5.78. The molecular formula is C13H28N2OS. The Morgan fingerprint density at radius 1 is 1.29 bits per heavy atom. The Bertz CT molecular complexity index is 234. The van der Waals surface area contributed by atoms with E-state index >= 15 is 0 Å². The lowest BCUT2D eigenvalue weighted by Crippen LogP contribution is -2.44. The van der Waals surface area contributed by atoms with E-state index in [1.54, 1.807) is 0 Å². The molecule has 0 aliphatic carbocycles. The summed E-state index contributed by atoms with van der Waals surface area (Å²) in [6.07, 6.45) is 3.39. The van der Waals surface area contributed by atoms with Crippen molar-refractivity contribution in [2.75, 3.05) is 32.1 Å². The molecule has 0 aromatic rings. The fourth-order valence-electron chi connectivity index (χ4n) is 2.32. The Hall–Kier alpha value is 0.0700. The zero-order valence-corrected chi connectivity index (χ0v) is 12.6. The van der Waals surface area contributed by atoms with Crippen LogP contribution in [0.4, 0.5) is 0 Å². The highest BCUT2D eigenvalue weighted by atomic mass is 32.2. The summed E-state index contributed by atoms with van der Waals surface area (Å²) in [6, 6.07) is 1.20. The molecule has 17 heavy (non-hydrogen) atoms. The largest absolute Gasteiger partial charge is 0.312 e. The first-order chi connectivity index (χ1) is 7.99. The molecule has 1 rings (SSSR count). The predicted molar refractivity (Wildman–Crippen MR) is 75.8 cm³/mol. The van der Waals surface area contributed by atoms with E-state index in [1.165, 1.54) is 6.42 Å². The van der Waals surface area contributed by atoms with E-state index in [4.69, 9.17) is 0 Å². The van der Waals surface area contributed by atoms with Gasteiger partial charge in [-0.1, -0.05) is 13.8 Å². The third-order valence-corrected chi connectivity index (χ3v) is 4.89. The number of hydrogen-bond donors (Lipinski definition) is 1. The van der Waals surface area contributed by atoms with Gasteiger partial charge < -0.3 is 10.2 Å². The van der Waals surface area contributed by atoms with Gasteiger partial charge in [-0.2, -0.15) is 0 Å². The number of likely N-dealkylation sites (N-methyl/N-ethyl adjacent to an activating group) is 1. The number of rotatable bonds is 6. The van der Waals surface area contributed by atoms with Crippen molar-refractivity contribution in [3.63, 3.8) is 0 Å². The minimum atomic E-state index is -0.544. The number of nitrogens with zero attached hydrogens (tertiary/aromatic N) is 1. The minimum Gasteiger partial charge on any atom is -0.312 e. The maximum atomic E-state index is 11.3. The van der Waals surface area contributed by atoms with Crippen LogP contribution in [0.5, 0.6) is 0 Å². The van der Waals surface area contributed by atoms with Crippen LogP contribution in [-0.4, -0.2) is 53.3 Å². The van der Waals surface area contributed by atoms with Gasteiger partial charge in [-0.15, -0.1) is 0 Å². The van der Waals surface area contributed by atoms with Crippen molar-refractivity contribution in [2.45, 2.75) is 45.2 Å². The molecule has 1 saturated heterocycles. The van der Waals surface area contributed by atoms with E-state index in [9.17, 15) is 4.21 Å². The summed E-state index contributed by atoms with van der Waals surface area (Å²) < 4.78 is 11.3. The van der Waals surface area contributed by atoms with E-state index in [1.807, 2.05) is 0 Å². The van der Waals surface area contributed by atoms with E-state index in [-0.39, 0.29) is 0 Å². The average molecular weight is 260 g/mol. The molecular weight excluding hydrogens is 232 g/mol. The molecule has 0 amide bonds. The summed E-state index contributed by atoms with van der Waals surface area (Å²) in [5.41, 5.74) is 0. The van der Waals surface area contributed by atoms with Crippen molar-refractivity contribution in [3.05, 3.63) is 0 Å². The van der Waals surface area contributed by atoms with Crippen LogP contribution in [0.25, 0.3) is 0 Å². The van der Waals surface area contributed by atoms with Crippen LogP contribution >= 0.6 is 0 Å². The summed E-state index contributed by atoms with van der Waals surface area (Å²) >= 11 is 0. The highest BCUT2D eigenvalue weighted by molar-refractivity contribution is 7.85. The Morgan fingerprint density at radius 2 is 1.88 bits per heavy atom. The summed E-state index contributed by atoms with van der Waals surface area (Å²) in [5, 5.41) is 3.65. The lowest BCUT2D eigenvalue weighted by Gasteiger charge is -2.30. The third-order valence-electron chi connectivity index (χ3n) is 3.50. The molecule has 0 aromatic heterocycles. The summed E-state index contributed by atoms with van der Waals surface area (Å²) in [7, 11) is 3.77. The first-order valence-electron chi connectivity index (χ1n) is 6.73. The smallest absolute Gasteiger partial charge is 0.0249 e. The Morgan fingerprint density at radius 3 is 2.35 bits per heavy atom. The first-order valence-corrected chi connectivity index (χ1v) is 8.22. The van der Waals surface area contributed by atoms with E-state index in [0.717, 1.165) is 36.8 Å². The molecule has 0 aromatic carbocycles. The maximum Gasteiger partial charge on any atom is 0.0249 e. The van der Waals surface area contributed by atoms with Crippen LogP contribution in [0.15, 0.2) is 0 Å². The van der Waals surface area contributed by atoms with E-state index in [0.29, 0.717) is 12.1 Å². The molecule has 0 radical (unpaired) electrons. The molecule has 102 valence electrons. The van der Waals surface area contributed by atoms with Gasteiger partial charge in [0.2, 0.25) is 0 Å². The fourth-order valence-corrected chi connectivity index (χ4v) is 3.62. The second-order valence-corrected chi connectivity index (χ2v) is 7.47. The van der Waals surface area contributed by atoms with Gasteiger partial charge in [-0.05, 0) is 39.3 Å². The molecule has 0 spiro atoms. The second kappa shape index (κ2) is 7.49. The van der Waals surface area contributed by atoms with Gasteiger partial charge in [0.1, 0.15) is 0 Å². The minimum absolute atomic E-state index is 0.544. The number of nitrogens with one attached hydrogen (secondary N) is 1. The summed E-state index contributed by atoms with van der Waals surface area (Å²) in [4.78, 5) is 2.31. The van der Waals surface area contributed by atoms with Crippen molar-refractivity contribution in [1.29, 1.82) is 0 Å². The SMILES string of the molecule is CC(C)CC(CNC1CCS(=O)CC1)N(C)C. The average Bonchev–Trinajstić information content (AvgIpc) is 2.25. The van der Waals surface area contributed by atoms with Gasteiger partial charge in [-0.25, -0.2) is 0 Å². The maximum absolute atomic E-state index is 11.3. The van der Waals surface area contributed by atoms with Gasteiger partial charge >= 0.3 is 0 Å². The van der Waals surface area contributed by atoms with Crippen molar-refractivity contribution in [3.8, 4) is 0 Å². The van der Waals surface area contributed by atoms with Gasteiger partial charge in [0.25, 0.3) is 0 Å².